The summed E-state index contributed by atoms with van der Waals surface area (Å²) in [7, 11) is 3.31. The zero-order valence-electron chi connectivity index (χ0n) is 14.8. The fourth-order valence-electron chi connectivity index (χ4n) is 2.46. The van der Waals surface area contributed by atoms with Crippen molar-refractivity contribution in [1.29, 1.82) is 0 Å². The molecule has 1 unspecified atom stereocenters. The van der Waals surface area contributed by atoms with E-state index in [9.17, 15) is 9.59 Å². The van der Waals surface area contributed by atoms with Gasteiger partial charge in [0.05, 0.1) is 6.04 Å². The number of nitrogens with zero attached hydrogens (tertiary/aromatic N) is 1. The van der Waals surface area contributed by atoms with E-state index in [2.05, 4.69) is 10.6 Å². The van der Waals surface area contributed by atoms with E-state index in [1.54, 1.807) is 43.3 Å². The summed E-state index contributed by atoms with van der Waals surface area (Å²) in [5.41, 5.74) is 3.00. The van der Waals surface area contributed by atoms with Crippen molar-refractivity contribution in [2.45, 2.75) is 19.9 Å². The highest BCUT2D eigenvalue weighted by molar-refractivity contribution is 6.30. The summed E-state index contributed by atoms with van der Waals surface area (Å²) in [6.07, 6.45) is 0. The van der Waals surface area contributed by atoms with E-state index in [0.29, 0.717) is 16.3 Å². The molecule has 0 spiro atoms. The second-order valence-corrected chi connectivity index (χ2v) is 6.32. The van der Waals surface area contributed by atoms with E-state index < -0.39 is 0 Å². The van der Waals surface area contributed by atoms with Crippen LogP contribution in [0.4, 0.5) is 10.5 Å². The highest BCUT2D eigenvalue weighted by Crippen LogP contribution is 2.23. The van der Waals surface area contributed by atoms with Crippen molar-refractivity contribution in [3.63, 3.8) is 0 Å². The van der Waals surface area contributed by atoms with Gasteiger partial charge in [-0.25, -0.2) is 4.79 Å². The molecule has 6 heteroatoms. The topological polar surface area (TPSA) is 61.4 Å². The maximum absolute atomic E-state index is 12.5. The van der Waals surface area contributed by atoms with Crippen molar-refractivity contribution < 1.29 is 9.59 Å². The minimum Gasteiger partial charge on any atom is -0.355 e. The number of hydrogen-bond donors (Lipinski definition) is 2. The SMILES string of the molecule is CNC(=O)c1ccc(NC(=O)N(C)C(C)c2cccc(Cl)c2)c(C)c1. The molecule has 0 aromatic heterocycles. The Balaban J connectivity index is 2.12. The third kappa shape index (κ3) is 4.51. The van der Waals surface area contributed by atoms with Gasteiger partial charge in [-0.15, -0.1) is 0 Å². The molecular formula is C19H22ClN3O2. The van der Waals surface area contributed by atoms with Gasteiger partial charge in [0.1, 0.15) is 0 Å². The van der Waals surface area contributed by atoms with Crippen molar-refractivity contribution in [3.05, 3.63) is 64.2 Å². The smallest absolute Gasteiger partial charge is 0.322 e. The first-order chi connectivity index (χ1) is 11.8. The van der Waals surface area contributed by atoms with Crippen molar-refractivity contribution >= 4 is 29.2 Å². The van der Waals surface area contributed by atoms with Crippen LogP contribution in [-0.4, -0.2) is 30.9 Å². The third-order valence-corrected chi connectivity index (χ3v) is 4.42. The number of nitrogens with one attached hydrogen (secondary N) is 2. The number of benzene rings is 2. The quantitative estimate of drug-likeness (QED) is 0.858. The van der Waals surface area contributed by atoms with Crippen LogP contribution < -0.4 is 10.6 Å². The number of carbonyl (C=O) groups excluding carboxylic acids is 2. The van der Waals surface area contributed by atoms with Crippen LogP contribution in [-0.2, 0) is 0 Å². The van der Waals surface area contributed by atoms with E-state index in [0.717, 1.165) is 11.1 Å². The first kappa shape index (κ1) is 18.8. The summed E-state index contributed by atoms with van der Waals surface area (Å²) in [5, 5.41) is 6.10. The summed E-state index contributed by atoms with van der Waals surface area (Å²) >= 11 is 6.02. The number of halogens is 1. The van der Waals surface area contributed by atoms with Crippen LogP contribution in [0.3, 0.4) is 0 Å². The number of hydrogen-bond acceptors (Lipinski definition) is 2. The molecule has 1 atom stereocenters. The van der Waals surface area contributed by atoms with Crippen LogP contribution >= 0.6 is 11.6 Å². The molecule has 132 valence electrons. The molecule has 2 N–H and O–H groups in total. The molecule has 0 saturated carbocycles. The van der Waals surface area contributed by atoms with Gasteiger partial charge in [0, 0.05) is 30.4 Å². The standard InChI is InChI=1S/C19H22ClN3O2/c1-12-10-15(18(24)21-3)8-9-17(12)22-19(25)23(4)13(2)14-6-5-7-16(20)11-14/h5-11,13H,1-4H3,(H,21,24)(H,22,25). The highest BCUT2D eigenvalue weighted by atomic mass is 35.5. The van der Waals surface area contributed by atoms with Gasteiger partial charge < -0.3 is 15.5 Å². The molecule has 0 aliphatic rings. The number of rotatable bonds is 4. The molecule has 0 radical (unpaired) electrons. The molecule has 5 nitrogen and oxygen atoms in total. The summed E-state index contributed by atoms with van der Waals surface area (Å²) < 4.78 is 0. The molecule has 2 aromatic rings. The van der Waals surface area contributed by atoms with Crippen molar-refractivity contribution in [2.24, 2.45) is 0 Å². The predicted octanol–water partition coefficient (Wildman–Crippen LogP) is 4.23. The first-order valence-electron chi connectivity index (χ1n) is 7.95. The minimum absolute atomic E-state index is 0.135. The lowest BCUT2D eigenvalue weighted by Gasteiger charge is -2.26. The molecule has 0 heterocycles. The normalized spacial score (nSPS) is 11.6. The molecule has 2 aromatic carbocycles. The monoisotopic (exact) mass is 359 g/mol. The Labute approximate surface area is 153 Å². The van der Waals surface area contributed by atoms with Crippen LogP contribution in [0.5, 0.6) is 0 Å². The lowest BCUT2D eigenvalue weighted by molar-refractivity contribution is 0.0963. The molecular weight excluding hydrogens is 338 g/mol. The lowest BCUT2D eigenvalue weighted by Crippen LogP contribution is -2.33. The molecule has 25 heavy (non-hydrogen) atoms. The zero-order chi connectivity index (χ0) is 18.6. The van der Waals surface area contributed by atoms with E-state index in [1.807, 2.05) is 32.0 Å². The third-order valence-electron chi connectivity index (χ3n) is 4.19. The van der Waals surface area contributed by atoms with Gasteiger partial charge >= 0.3 is 6.03 Å². The minimum atomic E-state index is -0.233. The van der Waals surface area contributed by atoms with Crippen LogP contribution in [0.1, 0.15) is 34.5 Å². The van der Waals surface area contributed by atoms with Gasteiger partial charge in [-0.2, -0.15) is 0 Å². The molecule has 0 aliphatic carbocycles. The van der Waals surface area contributed by atoms with Crippen molar-refractivity contribution in [1.82, 2.24) is 10.2 Å². The first-order valence-corrected chi connectivity index (χ1v) is 8.33. The van der Waals surface area contributed by atoms with Gasteiger partial charge in [-0.1, -0.05) is 23.7 Å². The maximum Gasteiger partial charge on any atom is 0.322 e. The summed E-state index contributed by atoms with van der Waals surface area (Å²) in [6, 6.07) is 12.2. The zero-order valence-corrected chi connectivity index (χ0v) is 15.5. The Morgan fingerprint density at radius 2 is 1.88 bits per heavy atom. The fourth-order valence-corrected chi connectivity index (χ4v) is 2.66. The maximum atomic E-state index is 12.5. The number of anilines is 1. The fraction of sp³-hybridized carbons (Fsp3) is 0.263. The average Bonchev–Trinajstić information content (AvgIpc) is 2.61. The van der Waals surface area contributed by atoms with Gasteiger partial charge in [-0.05, 0) is 55.3 Å². The van der Waals surface area contributed by atoms with Crippen molar-refractivity contribution in [2.75, 3.05) is 19.4 Å². The second-order valence-electron chi connectivity index (χ2n) is 5.88. The van der Waals surface area contributed by atoms with Gasteiger partial charge in [-0.3, -0.25) is 4.79 Å². The molecule has 0 bridgehead atoms. The highest BCUT2D eigenvalue weighted by Gasteiger charge is 2.18. The average molecular weight is 360 g/mol. The predicted molar refractivity (Wildman–Crippen MR) is 101 cm³/mol. The summed E-state index contributed by atoms with van der Waals surface area (Å²) in [6.45, 7) is 3.79. The number of aryl methyl sites for hydroxylation is 1. The second kappa shape index (κ2) is 8.03. The summed E-state index contributed by atoms with van der Waals surface area (Å²) in [4.78, 5) is 25.8. The Hall–Kier alpha value is -2.53. The van der Waals surface area contributed by atoms with E-state index in [1.165, 1.54) is 0 Å². The van der Waals surface area contributed by atoms with Crippen LogP contribution in [0.25, 0.3) is 0 Å². The largest absolute Gasteiger partial charge is 0.355 e. The Bertz CT molecular complexity index is 792. The number of urea groups is 1. The van der Waals surface area contributed by atoms with Crippen LogP contribution in [0.2, 0.25) is 5.02 Å². The van der Waals surface area contributed by atoms with Gasteiger partial charge in [0.2, 0.25) is 0 Å². The molecule has 0 fully saturated rings. The Morgan fingerprint density at radius 1 is 1.16 bits per heavy atom. The molecule has 0 aliphatic heterocycles. The lowest BCUT2D eigenvalue weighted by atomic mass is 10.1. The van der Waals surface area contributed by atoms with E-state index >= 15 is 0 Å². The molecule has 2 rings (SSSR count). The van der Waals surface area contributed by atoms with Crippen LogP contribution in [0.15, 0.2) is 42.5 Å². The van der Waals surface area contributed by atoms with E-state index in [4.69, 9.17) is 11.6 Å². The van der Waals surface area contributed by atoms with E-state index in [-0.39, 0.29) is 18.0 Å². The van der Waals surface area contributed by atoms with Gasteiger partial charge in [0.25, 0.3) is 5.91 Å². The molecule has 3 amide bonds. The molecule has 0 saturated heterocycles. The van der Waals surface area contributed by atoms with Gasteiger partial charge in [0.15, 0.2) is 0 Å². The summed E-state index contributed by atoms with van der Waals surface area (Å²) in [5.74, 6) is -0.160. The van der Waals surface area contributed by atoms with Crippen molar-refractivity contribution in [3.8, 4) is 0 Å². The number of carbonyl (C=O) groups is 2. The Kier molecular flexibility index (Phi) is 6.04. The van der Waals surface area contributed by atoms with Crippen LogP contribution in [0, 0.1) is 6.92 Å². The number of amides is 3. The Morgan fingerprint density at radius 3 is 2.48 bits per heavy atom.